The highest BCUT2D eigenvalue weighted by molar-refractivity contribution is 5.91. The summed E-state index contributed by atoms with van der Waals surface area (Å²) >= 11 is 0. The van der Waals surface area contributed by atoms with Crippen LogP contribution in [0.15, 0.2) is 85.2 Å². The zero-order valence-electron chi connectivity index (χ0n) is 19.0. The van der Waals surface area contributed by atoms with E-state index >= 15 is 0 Å². The van der Waals surface area contributed by atoms with Crippen LogP contribution in [0.3, 0.4) is 0 Å². The van der Waals surface area contributed by atoms with Gasteiger partial charge in [-0.3, -0.25) is 14.7 Å². The van der Waals surface area contributed by atoms with Crippen molar-refractivity contribution in [3.63, 3.8) is 0 Å². The van der Waals surface area contributed by atoms with Crippen molar-refractivity contribution in [1.82, 2.24) is 14.8 Å². The van der Waals surface area contributed by atoms with E-state index in [1.165, 1.54) is 5.69 Å². The third-order valence-corrected chi connectivity index (χ3v) is 6.51. The maximum Gasteiger partial charge on any atom is 0.237 e. The van der Waals surface area contributed by atoms with E-state index in [4.69, 9.17) is 0 Å². The summed E-state index contributed by atoms with van der Waals surface area (Å²) in [6.45, 7) is 4.80. The summed E-state index contributed by atoms with van der Waals surface area (Å²) in [6, 6.07) is 24.7. The maximum atomic E-state index is 13.8. The van der Waals surface area contributed by atoms with Crippen molar-refractivity contribution in [3.8, 4) is 0 Å². The van der Waals surface area contributed by atoms with Gasteiger partial charge in [-0.2, -0.15) is 0 Å². The highest BCUT2D eigenvalue weighted by Crippen LogP contribution is 2.37. The first-order chi connectivity index (χ1) is 15.6. The van der Waals surface area contributed by atoms with Gasteiger partial charge in [-0.05, 0) is 36.2 Å². The van der Waals surface area contributed by atoms with Gasteiger partial charge in [0.05, 0.1) is 0 Å². The Bertz CT molecular complexity index is 944. The van der Waals surface area contributed by atoms with Crippen molar-refractivity contribution in [2.75, 3.05) is 51.7 Å². The lowest BCUT2D eigenvalue weighted by molar-refractivity contribution is -0.133. The molecule has 0 unspecified atom stereocenters. The second kappa shape index (κ2) is 9.96. The van der Waals surface area contributed by atoms with Crippen molar-refractivity contribution in [1.29, 1.82) is 0 Å². The van der Waals surface area contributed by atoms with E-state index in [9.17, 15) is 4.79 Å². The molecule has 2 heterocycles. The molecule has 1 aliphatic rings. The van der Waals surface area contributed by atoms with Crippen molar-refractivity contribution < 1.29 is 4.79 Å². The molecule has 0 bridgehead atoms. The molecule has 1 fully saturated rings. The molecule has 3 aromatic rings. The highest BCUT2D eigenvalue weighted by Gasteiger charge is 2.43. The Kier molecular flexibility index (Phi) is 6.86. The number of hydrogen-bond donors (Lipinski definition) is 0. The zero-order chi connectivity index (χ0) is 22.4. The Morgan fingerprint density at radius 1 is 0.844 bits per heavy atom. The Morgan fingerprint density at radius 3 is 1.88 bits per heavy atom. The van der Waals surface area contributed by atoms with Gasteiger partial charge in [0, 0.05) is 58.4 Å². The Labute approximate surface area is 191 Å². The molecule has 1 amide bonds. The number of nitrogens with zero attached hydrogens (tertiary/aromatic N) is 4. The molecule has 0 atom stereocenters. The standard InChI is InChI=1S/C27H32N4O/c1-29(2)26(32)27(23-9-5-3-6-10-23,24-11-7-4-8-12-24)15-18-30-19-21-31(22-20-30)25-13-16-28-17-14-25/h3-14,16-17H,15,18-22H2,1-2H3. The van der Waals surface area contributed by atoms with Gasteiger partial charge in [0.1, 0.15) is 5.41 Å². The molecule has 1 aromatic heterocycles. The van der Waals surface area contributed by atoms with Gasteiger partial charge in [0.2, 0.25) is 5.91 Å². The van der Waals surface area contributed by atoms with Crippen molar-refractivity contribution in [2.45, 2.75) is 11.8 Å². The number of carbonyl (C=O) groups excluding carboxylic acids is 1. The molecule has 2 aromatic carbocycles. The molecule has 1 saturated heterocycles. The Hall–Kier alpha value is -3.18. The quantitative estimate of drug-likeness (QED) is 0.576. The van der Waals surface area contributed by atoms with Crippen LogP contribution in [0.2, 0.25) is 0 Å². The van der Waals surface area contributed by atoms with Gasteiger partial charge >= 0.3 is 0 Å². The second-order valence-corrected chi connectivity index (χ2v) is 8.62. The van der Waals surface area contributed by atoms with Crippen molar-refractivity contribution >= 4 is 11.6 Å². The molecule has 0 N–H and O–H groups in total. The fraction of sp³-hybridized carbons (Fsp3) is 0.333. The number of amides is 1. The minimum absolute atomic E-state index is 0.130. The van der Waals surface area contributed by atoms with Gasteiger partial charge in [0.15, 0.2) is 0 Å². The van der Waals surface area contributed by atoms with E-state index in [2.05, 4.69) is 51.2 Å². The lowest BCUT2D eigenvalue weighted by atomic mass is 9.70. The molecular weight excluding hydrogens is 396 g/mol. The smallest absolute Gasteiger partial charge is 0.237 e. The predicted molar refractivity (Wildman–Crippen MR) is 130 cm³/mol. The van der Waals surface area contributed by atoms with E-state index in [0.29, 0.717) is 0 Å². The monoisotopic (exact) mass is 428 g/mol. The van der Waals surface area contributed by atoms with Crippen LogP contribution in [0.5, 0.6) is 0 Å². The molecule has 0 aliphatic carbocycles. The van der Waals surface area contributed by atoms with Gasteiger partial charge in [0.25, 0.3) is 0 Å². The number of benzene rings is 2. The van der Waals surface area contributed by atoms with Crippen molar-refractivity contribution in [3.05, 3.63) is 96.3 Å². The molecule has 5 heteroatoms. The first kappa shape index (κ1) is 22.0. The average molecular weight is 429 g/mol. The number of hydrogen-bond acceptors (Lipinski definition) is 4. The number of pyridine rings is 1. The van der Waals surface area contributed by atoms with Crippen LogP contribution in [-0.4, -0.2) is 67.5 Å². The number of anilines is 1. The predicted octanol–water partition coefficient (Wildman–Crippen LogP) is 3.67. The topological polar surface area (TPSA) is 39.7 Å². The van der Waals surface area contributed by atoms with Crippen LogP contribution in [0.1, 0.15) is 17.5 Å². The van der Waals surface area contributed by atoms with E-state index in [0.717, 1.165) is 50.3 Å². The van der Waals surface area contributed by atoms with Crippen LogP contribution in [0.4, 0.5) is 5.69 Å². The number of piperazine rings is 1. The average Bonchev–Trinajstić information content (AvgIpc) is 2.86. The summed E-state index contributed by atoms with van der Waals surface area (Å²) in [7, 11) is 3.72. The lowest BCUT2D eigenvalue weighted by Crippen LogP contribution is -2.50. The molecule has 1 aliphatic heterocycles. The molecule has 0 saturated carbocycles. The van der Waals surface area contributed by atoms with Gasteiger partial charge < -0.3 is 9.80 Å². The fourth-order valence-corrected chi connectivity index (χ4v) is 4.75. The number of aromatic nitrogens is 1. The molecule has 32 heavy (non-hydrogen) atoms. The summed E-state index contributed by atoms with van der Waals surface area (Å²) in [5.41, 5.74) is 2.64. The first-order valence-corrected chi connectivity index (χ1v) is 11.3. The maximum absolute atomic E-state index is 13.8. The molecule has 166 valence electrons. The third kappa shape index (κ3) is 4.53. The number of likely N-dealkylation sites (N-methyl/N-ethyl adjacent to an activating group) is 1. The summed E-state index contributed by atoms with van der Waals surface area (Å²) in [4.78, 5) is 24.5. The molecular formula is C27H32N4O. The third-order valence-electron chi connectivity index (χ3n) is 6.51. The molecule has 0 radical (unpaired) electrons. The summed E-state index contributed by atoms with van der Waals surface area (Å²) < 4.78 is 0. The van der Waals surface area contributed by atoms with E-state index < -0.39 is 5.41 Å². The first-order valence-electron chi connectivity index (χ1n) is 11.3. The van der Waals surface area contributed by atoms with Crippen molar-refractivity contribution in [2.24, 2.45) is 0 Å². The van der Waals surface area contributed by atoms with E-state index in [-0.39, 0.29) is 5.91 Å². The summed E-state index contributed by atoms with van der Waals surface area (Å²) in [5.74, 6) is 0.130. The lowest BCUT2D eigenvalue weighted by Gasteiger charge is -2.40. The SMILES string of the molecule is CN(C)C(=O)C(CCN1CCN(c2ccncc2)CC1)(c1ccccc1)c1ccccc1. The minimum Gasteiger partial charge on any atom is -0.369 e. The van der Waals surface area contributed by atoms with Crippen LogP contribution in [-0.2, 0) is 10.2 Å². The Balaban J connectivity index is 1.57. The van der Waals surface area contributed by atoms with E-state index in [1.807, 2.05) is 62.9 Å². The fourth-order valence-electron chi connectivity index (χ4n) is 4.75. The highest BCUT2D eigenvalue weighted by atomic mass is 16.2. The number of carbonyl (C=O) groups is 1. The minimum atomic E-state index is -0.700. The van der Waals surface area contributed by atoms with Gasteiger partial charge in [-0.15, -0.1) is 0 Å². The van der Waals surface area contributed by atoms with E-state index in [1.54, 1.807) is 4.90 Å². The molecule has 4 rings (SSSR count). The largest absolute Gasteiger partial charge is 0.369 e. The van der Waals surface area contributed by atoms with Crippen LogP contribution in [0, 0.1) is 0 Å². The van der Waals surface area contributed by atoms with Gasteiger partial charge in [-0.1, -0.05) is 60.7 Å². The molecule has 5 nitrogen and oxygen atoms in total. The molecule has 0 spiro atoms. The summed E-state index contributed by atoms with van der Waals surface area (Å²) in [6.07, 6.45) is 4.44. The second-order valence-electron chi connectivity index (χ2n) is 8.62. The normalized spacial score (nSPS) is 14.9. The van der Waals surface area contributed by atoms with Crippen LogP contribution >= 0.6 is 0 Å². The zero-order valence-corrected chi connectivity index (χ0v) is 19.0. The van der Waals surface area contributed by atoms with Gasteiger partial charge in [-0.25, -0.2) is 0 Å². The Morgan fingerprint density at radius 2 is 1.38 bits per heavy atom. The van der Waals surface area contributed by atoms with Crippen LogP contribution in [0.25, 0.3) is 0 Å². The van der Waals surface area contributed by atoms with Crippen LogP contribution < -0.4 is 4.90 Å². The summed E-state index contributed by atoms with van der Waals surface area (Å²) in [5, 5.41) is 0. The number of rotatable bonds is 7.